The predicted octanol–water partition coefficient (Wildman–Crippen LogP) is -0.0899. The van der Waals surface area contributed by atoms with E-state index < -0.39 is 16.6 Å². The van der Waals surface area contributed by atoms with Crippen LogP contribution in [0.1, 0.15) is 17.3 Å². The van der Waals surface area contributed by atoms with Crippen LogP contribution in [-0.2, 0) is 6.54 Å². The average Bonchev–Trinajstić information content (AvgIpc) is 2.47. The molecule has 0 bridgehead atoms. The summed E-state index contributed by atoms with van der Waals surface area (Å²) in [5, 5.41) is 13.9. The summed E-state index contributed by atoms with van der Waals surface area (Å²) in [7, 11) is 0. The number of carbonyl (C=O) groups is 1. The Bertz CT molecular complexity index is 325. The Labute approximate surface area is 73.3 Å². The summed E-state index contributed by atoms with van der Waals surface area (Å²) >= 11 is 0. The molecule has 70 valence electrons. The highest BCUT2D eigenvalue weighted by molar-refractivity contribution is 5.95. The first-order chi connectivity index (χ1) is 6.06. The van der Waals surface area contributed by atoms with Gasteiger partial charge in [0.05, 0.1) is 17.8 Å². The van der Waals surface area contributed by atoms with Crippen LogP contribution in [0.2, 0.25) is 0 Å². The third-order valence-corrected chi connectivity index (χ3v) is 1.50. The highest BCUT2D eigenvalue weighted by Gasteiger charge is 2.23. The molecule has 0 aromatic carbocycles. The monoisotopic (exact) mass is 184 g/mol. The van der Waals surface area contributed by atoms with Crippen molar-refractivity contribution in [1.29, 1.82) is 0 Å². The summed E-state index contributed by atoms with van der Waals surface area (Å²) in [4.78, 5) is 20.4. The van der Waals surface area contributed by atoms with Gasteiger partial charge in [0.25, 0.3) is 5.91 Å². The zero-order valence-electron chi connectivity index (χ0n) is 6.93. The van der Waals surface area contributed by atoms with E-state index in [-0.39, 0.29) is 5.56 Å². The fraction of sp³-hybridized carbons (Fsp3) is 0.333. The van der Waals surface area contributed by atoms with Gasteiger partial charge in [-0.3, -0.25) is 4.79 Å². The maximum Gasteiger partial charge on any atom is 0.402 e. The van der Waals surface area contributed by atoms with Crippen LogP contribution in [0.5, 0.6) is 0 Å². The van der Waals surface area contributed by atoms with E-state index >= 15 is 0 Å². The van der Waals surface area contributed by atoms with E-state index in [0.29, 0.717) is 6.54 Å². The number of aromatic nitrogens is 2. The molecule has 0 unspecified atom stereocenters. The molecule has 0 saturated heterocycles. The lowest BCUT2D eigenvalue weighted by Crippen LogP contribution is -2.11. The third kappa shape index (κ3) is 1.63. The standard InChI is InChI=1S/C6H8N4O3/c1-2-9-3-4(5(7)11)6(8-9)10(12)13/h3H,2H2,1H3,(H2,7,11). The Morgan fingerprint density at radius 2 is 2.46 bits per heavy atom. The van der Waals surface area contributed by atoms with Crippen molar-refractivity contribution in [2.24, 2.45) is 5.73 Å². The topological polar surface area (TPSA) is 104 Å². The van der Waals surface area contributed by atoms with Gasteiger partial charge in [-0.05, 0) is 11.8 Å². The SMILES string of the molecule is CCn1cc(C(N)=O)c([N+](=O)[O-])n1. The molecule has 1 aromatic heterocycles. The first-order valence-electron chi connectivity index (χ1n) is 3.58. The van der Waals surface area contributed by atoms with E-state index in [1.54, 1.807) is 6.92 Å². The minimum absolute atomic E-state index is 0.160. The smallest absolute Gasteiger partial charge is 0.365 e. The van der Waals surface area contributed by atoms with Crippen LogP contribution in [-0.4, -0.2) is 20.6 Å². The van der Waals surface area contributed by atoms with Crippen molar-refractivity contribution in [2.45, 2.75) is 13.5 Å². The number of nitrogens with two attached hydrogens (primary N) is 1. The number of hydrogen-bond acceptors (Lipinski definition) is 4. The number of aryl methyl sites for hydroxylation is 1. The van der Waals surface area contributed by atoms with E-state index in [1.807, 2.05) is 0 Å². The molecular formula is C6H8N4O3. The second kappa shape index (κ2) is 3.21. The van der Waals surface area contributed by atoms with Crippen molar-refractivity contribution < 1.29 is 9.72 Å². The molecule has 1 rings (SSSR count). The molecule has 0 atom stereocenters. The largest absolute Gasteiger partial charge is 0.402 e. The number of carbonyl (C=O) groups excluding carboxylic acids is 1. The fourth-order valence-corrected chi connectivity index (χ4v) is 0.882. The van der Waals surface area contributed by atoms with Crippen LogP contribution >= 0.6 is 0 Å². The van der Waals surface area contributed by atoms with Gasteiger partial charge in [-0.2, -0.15) is 4.68 Å². The van der Waals surface area contributed by atoms with Crippen molar-refractivity contribution in [2.75, 3.05) is 0 Å². The third-order valence-electron chi connectivity index (χ3n) is 1.50. The summed E-state index contributed by atoms with van der Waals surface area (Å²) in [5.41, 5.74) is 4.76. The molecule has 7 nitrogen and oxygen atoms in total. The Morgan fingerprint density at radius 1 is 1.85 bits per heavy atom. The van der Waals surface area contributed by atoms with Crippen molar-refractivity contribution in [3.63, 3.8) is 0 Å². The zero-order valence-corrected chi connectivity index (χ0v) is 6.93. The first kappa shape index (κ1) is 9.17. The lowest BCUT2D eigenvalue weighted by Gasteiger charge is -1.88. The van der Waals surface area contributed by atoms with Crippen molar-refractivity contribution in [3.8, 4) is 0 Å². The highest BCUT2D eigenvalue weighted by Crippen LogP contribution is 2.14. The molecule has 1 aromatic rings. The van der Waals surface area contributed by atoms with Gasteiger partial charge in [0.1, 0.15) is 0 Å². The number of primary amides is 1. The second-order valence-electron chi connectivity index (χ2n) is 2.34. The van der Waals surface area contributed by atoms with Gasteiger partial charge in [-0.1, -0.05) is 0 Å². The molecule has 7 heteroatoms. The van der Waals surface area contributed by atoms with E-state index in [4.69, 9.17) is 5.73 Å². The molecule has 0 saturated carbocycles. The lowest BCUT2D eigenvalue weighted by molar-refractivity contribution is -0.390. The second-order valence-corrected chi connectivity index (χ2v) is 2.34. The van der Waals surface area contributed by atoms with Gasteiger partial charge in [-0.15, -0.1) is 0 Å². The van der Waals surface area contributed by atoms with E-state index in [0.717, 1.165) is 0 Å². The Morgan fingerprint density at radius 3 is 2.77 bits per heavy atom. The number of amides is 1. The van der Waals surface area contributed by atoms with Crippen LogP contribution in [0, 0.1) is 10.1 Å². The first-order valence-corrected chi connectivity index (χ1v) is 3.58. The van der Waals surface area contributed by atoms with Gasteiger partial charge >= 0.3 is 5.82 Å². The Kier molecular flexibility index (Phi) is 2.27. The van der Waals surface area contributed by atoms with Gasteiger partial charge in [0, 0.05) is 0 Å². The molecule has 1 heterocycles. The molecule has 13 heavy (non-hydrogen) atoms. The normalized spacial score (nSPS) is 9.92. The average molecular weight is 184 g/mol. The Hall–Kier alpha value is -1.92. The van der Waals surface area contributed by atoms with Crippen LogP contribution in [0.3, 0.4) is 0 Å². The summed E-state index contributed by atoms with van der Waals surface area (Å²) < 4.78 is 1.29. The molecule has 0 aliphatic carbocycles. The van der Waals surface area contributed by atoms with Crippen molar-refractivity contribution >= 4 is 11.7 Å². The minimum Gasteiger partial charge on any atom is -0.365 e. The van der Waals surface area contributed by atoms with Crippen molar-refractivity contribution in [3.05, 3.63) is 21.9 Å². The number of nitrogens with zero attached hydrogens (tertiary/aromatic N) is 3. The summed E-state index contributed by atoms with van der Waals surface area (Å²) in [6, 6.07) is 0. The van der Waals surface area contributed by atoms with Crippen LogP contribution in [0.25, 0.3) is 0 Å². The number of rotatable bonds is 3. The molecule has 0 spiro atoms. The quantitative estimate of drug-likeness (QED) is 0.523. The predicted molar refractivity (Wildman–Crippen MR) is 43.1 cm³/mol. The van der Waals surface area contributed by atoms with Gasteiger partial charge in [-0.25, -0.2) is 0 Å². The number of nitro groups is 1. The maximum absolute atomic E-state index is 10.7. The maximum atomic E-state index is 10.7. The van der Waals surface area contributed by atoms with Crippen LogP contribution in [0.15, 0.2) is 6.20 Å². The van der Waals surface area contributed by atoms with Crippen LogP contribution < -0.4 is 5.73 Å². The Balaban J connectivity index is 3.23. The van der Waals surface area contributed by atoms with Crippen molar-refractivity contribution in [1.82, 2.24) is 9.78 Å². The molecule has 0 radical (unpaired) electrons. The molecule has 1 amide bonds. The van der Waals surface area contributed by atoms with Gasteiger partial charge in [0.2, 0.25) is 0 Å². The van der Waals surface area contributed by atoms with Gasteiger partial charge < -0.3 is 15.8 Å². The minimum atomic E-state index is -0.841. The van der Waals surface area contributed by atoms with E-state index in [2.05, 4.69) is 5.10 Å². The zero-order chi connectivity index (χ0) is 10.0. The lowest BCUT2D eigenvalue weighted by atomic mass is 10.3. The number of hydrogen-bond donors (Lipinski definition) is 1. The molecule has 2 N–H and O–H groups in total. The highest BCUT2D eigenvalue weighted by atomic mass is 16.6. The van der Waals surface area contributed by atoms with Gasteiger partial charge in [0.15, 0.2) is 5.56 Å². The molecule has 0 fully saturated rings. The molecular weight excluding hydrogens is 176 g/mol. The van der Waals surface area contributed by atoms with E-state index in [9.17, 15) is 14.9 Å². The summed E-state index contributed by atoms with van der Waals surface area (Å²) in [6.07, 6.45) is 1.26. The summed E-state index contributed by atoms with van der Waals surface area (Å²) in [5.74, 6) is -1.33. The van der Waals surface area contributed by atoms with Crippen LogP contribution in [0.4, 0.5) is 5.82 Å². The summed E-state index contributed by atoms with van der Waals surface area (Å²) in [6.45, 7) is 2.20. The van der Waals surface area contributed by atoms with E-state index in [1.165, 1.54) is 10.9 Å². The molecule has 0 aliphatic rings. The molecule has 0 aliphatic heterocycles. The fourth-order valence-electron chi connectivity index (χ4n) is 0.882.